The standard InChI is InChI=1S/C25H24N8O2/c1-25(2,10-15-11-28-24(26)29-12-15)17-5-6-19-20(9-17)32-22(31-19)18-8-16(23(34)35-3)4-7-21(18)33-14-27-13-30-33/h4-9,11-14H,10H2,1-3H3,(H,31,32)(H2,26,28,29). The van der Waals surface area contributed by atoms with Crippen molar-refractivity contribution in [2.75, 3.05) is 12.8 Å². The van der Waals surface area contributed by atoms with E-state index in [-0.39, 0.29) is 11.4 Å². The Bertz CT molecular complexity index is 1500. The van der Waals surface area contributed by atoms with Gasteiger partial charge in [-0.1, -0.05) is 19.9 Å². The smallest absolute Gasteiger partial charge is 0.337 e. The number of fused-ring (bicyclic) bond motifs is 1. The molecular weight excluding hydrogens is 444 g/mol. The lowest BCUT2D eigenvalue weighted by atomic mass is 9.79. The maximum Gasteiger partial charge on any atom is 0.337 e. The number of hydrogen-bond donors (Lipinski definition) is 2. The Hall–Kier alpha value is -4.60. The van der Waals surface area contributed by atoms with E-state index >= 15 is 0 Å². The third kappa shape index (κ3) is 4.33. The van der Waals surface area contributed by atoms with Gasteiger partial charge in [0, 0.05) is 18.0 Å². The molecule has 0 fully saturated rings. The predicted octanol–water partition coefficient (Wildman–Crippen LogP) is 3.49. The van der Waals surface area contributed by atoms with Crippen LogP contribution in [0.5, 0.6) is 0 Å². The Balaban J connectivity index is 1.55. The van der Waals surface area contributed by atoms with E-state index in [9.17, 15) is 4.79 Å². The Kier molecular flexibility index (Phi) is 5.48. The molecule has 0 unspecified atom stereocenters. The molecule has 0 aliphatic rings. The highest BCUT2D eigenvalue weighted by Crippen LogP contribution is 2.32. The number of carbonyl (C=O) groups is 1. The first-order valence-corrected chi connectivity index (χ1v) is 11.0. The molecule has 0 spiro atoms. The number of nitrogen functional groups attached to an aromatic ring is 1. The molecule has 176 valence electrons. The first kappa shape index (κ1) is 22.2. The van der Waals surface area contributed by atoms with E-state index in [1.165, 1.54) is 13.4 Å². The first-order chi connectivity index (χ1) is 16.8. The average molecular weight is 469 g/mol. The van der Waals surface area contributed by atoms with E-state index in [4.69, 9.17) is 15.5 Å². The zero-order chi connectivity index (χ0) is 24.6. The maximum absolute atomic E-state index is 12.2. The summed E-state index contributed by atoms with van der Waals surface area (Å²) in [5, 5.41) is 4.24. The molecule has 5 aromatic rings. The van der Waals surface area contributed by atoms with Crippen molar-refractivity contribution in [2.45, 2.75) is 25.7 Å². The zero-order valence-electron chi connectivity index (χ0n) is 19.6. The van der Waals surface area contributed by atoms with Crippen LogP contribution in [0.3, 0.4) is 0 Å². The van der Waals surface area contributed by atoms with Gasteiger partial charge in [0.15, 0.2) is 0 Å². The van der Waals surface area contributed by atoms with Crippen molar-refractivity contribution < 1.29 is 9.53 Å². The van der Waals surface area contributed by atoms with Crippen LogP contribution in [0.2, 0.25) is 0 Å². The molecule has 0 aliphatic heterocycles. The minimum absolute atomic E-state index is 0.185. The van der Waals surface area contributed by atoms with Crippen molar-refractivity contribution >= 4 is 23.0 Å². The molecule has 35 heavy (non-hydrogen) atoms. The number of esters is 1. The lowest BCUT2D eigenvalue weighted by Crippen LogP contribution is -2.20. The Morgan fingerprint density at radius 1 is 1.14 bits per heavy atom. The molecule has 5 rings (SSSR count). The maximum atomic E-state index is 12.2. The number of carbonyl (C=O) groups excluding carboxylic acids is 1. The van der Waals surface area contributed by atoms with Gasteiger partial charge in [0.25, 0.3) is 0 Å². The minimum atomic E-state index is -0.428. The van der Waals surface area contributed by atoms with E-state index in [2.05, 4.69) is 51.0 Å². The molecule has 3 heterocycles. The van der Waals surface area contributed by atoms with E-state index < -0.39 is 5.97 Å². The number of aromatic amines is 1. The van der Waals surface area contributed by atoms with Gasteiger partial charge in [-0.25, -0.2) is 29.4 Å². The van der Waals surface area contributed by atoms with Crippen molar-refractivity contribution in [3.63, 3.8) is 0 Å². The van der Waals surface area contributed by atoms with Gasteiger partial charge in [-0.2, -0.15) is 5.10 Å². The number of nitrogens with one attached hydrogen (secondary N) is 1. The molecule has 2 aromatic carbocycles. The van der Waals surface area contributed by atoms with E-state index in [0.717, 1.165) is 34.3 Å². The normalized spacial score (nSPS) is 11.6. The van der Waals surface area contributed by atoms with Gasteiger partial charge in [-0.3, -0.25) is 0 Å². The third-order valence-electron chi connectivity index (χ3n) is 5.97. The van der Waals surface area contributed by atoms with Gasteiger partial charge >= 0.3 is 5.97 Å². The van der Waals surface area contributed by atoms with Gasteiger partial charge in [0.1, 0.15) is 18.5 Å². The van der Waals surface area contributed by atoms with Crippen LogP contribution in [0.15, 0.2) is 61.4 Å². The summed E-state index contributed by atoms with van der Waals surface area (Å²) < 4.78 is 6.54. The van der Waals surface area contributed by atoms with E-state index in [1.807, 2.05) is 6.07 Å². The highest BCUT2D eigenvalue weighted by molar-refractivity contribution is 5.92. The number of nitrogens with two attached hydrogens (primary N) is 1. The molecule has 0 atom stereocenters. The Labute approximate surface area is 201 Å². The number of imidazole rings is 1. The molecule has 0 radical (unpaired) electrons. The summed E-state index contributed by atoms with van der Waals surface area (Å²) in [6, 6.07) is 11.4. The average Bonchev–Trinajstić information content (AvgIpc) is 3.54. The number of aromatic nitrogens is 7. The fourth-order valence-corrected chi connectivity index (χ4v) is 4.13. The fraction of sp³-hybridized carbons (Fsp3) is 0.200. The second kappa shape index (κ2) is 8.64. The largest absolute Gasteiger partial charge is 0.465 e. The summed E-state index contributed by atoms with van der Waals surface area (Å²) in [6.45, 7) is 4.34. The van der Waals surface area contributed by atoms with Gasteiger partial charge < -0.3 is 15.5 Å². The van der Waals surface area contributed by atoms with Gasteiger partial charge in [-0.15, -0.1) is 0 Å². The van der Waals surface area contributed by atoms with Crippen LogP contribution in [-0.4, -0.2) is 47.8 Å². The third-order valence-corrected chi connectivity index (χ3v) is 5.97. The van der Waals surface area contributed by atoms with E-state index in [0.29, 0.717) is 17.0 Å². The van der Waals surface area contributed by atoms with Crippen LogP contribution in [0.1, 0.15) is 35.3 Å². The molecule has 3 aromatic heterocycles. The molecular formula is C25H24N8O2. The molecule has 0 bridgehead atoms. The zero-order valence-corrected chi connectivity index (χ0v) is 19.6. The lowest BCUT2D eigenvalue weighted by molar-refractivity contribution is 0.0601. The van der Waals surface area contributed by atoms with Crippen LogP contribution in [0, 0.1) is 0 Å². The van der Waals surface area contributed by atoms with Gasteiger partial charge in [0.05, 0.1) is 29.4 Å². The topological polar surface area (TPSA) is 137 Å². The van der Waals surface area contributed by atoms with Crippen molar-refractivity contribution in [2.24, 2.45) is 0 Å². The molecule has 0 amide bonds. The summed E-state index contributed by atoms with van der Waals surface area (Å²) in [4.78, 5) is 32.6. The Morgan fingerprint density at radius 3 is 2.66 bits per heavy atom. The van der Waals surface area contributed by atoms with Crippen LogP contribution in [0.25, 0.3) is 28.1 Å². The SMILES string of the molecule is COC(=O)c1ccc(-n2cncn2)c(-c2nc3ccc(C(C)(C)Cc4cnc(N)nc4)cc3[nH]2)c1. The lowest BCUT2D eigenvalue weighted by Gasteiger charge is -2.25. The molecule has 10 nitrogen and oxygen atoms in total. The number of methoxy groups -OCH3 is 1. The number of hydrogen-bond acceptors (Lipinski definition) is 8. The van der Waals surface area contributed by atoms with Crippen molar-refractivity contribution in [1.82, 2.24) is 34.7 Å². The molecule has 0 saturated heterocycles. The number of nitrogens with zero attached hydrogens (tertiary/aromatic N) is 6. The van der Waals surface area contributed by atoms with Crippen LogP contribution < -0.4 is 5.73 Å². The number of H-pyrrole nitrogens is 1. The van der Waals surface area contributed by atoms with E-state index in [1.54, 1.807) is 41.6 Å². The second-order valence-electron chi connectivity index (χ2n) is 8.89. The van der Waals surface area contributed by atoms with Crippen molar-refractivity contribution in [3.8, 4) is 17.1 Å². The van der Waals surface area contributed by atoms with Crippen molar-refractivity contribution in [1.29, 1.82) is 0 Å². The van der Waals surface area contributed by atoms with Gasteiger partial charge in [0.2, 0.25) is 5.95 Å². The van der Waals surface area contributed by atoms with Crippen molar-refractivity contribution in [3.05, 3.63) is 78.1 Å². The number of ether oxygens (including phenoxy) is 1. The summed E-state index contributed by atoms with van der Waals surface area (Å²) in [7, 11) is 1.36. The summed E-state index contributed by atoms with van der Waals surface area (Å²) >= 11 is 0. The fourth-order valence-electron chi connectivity index (χ4n) is 4.13. The molecule has 10 heteroatoms. The summed E-state index contributed by atoms with van der Waals surface area (Å²) in [6.07, 6.45) is 7.32. The monoisotopic (exact) mass is 468 g/mol. The highest BCUT2D eigenvalue weighted by atomic mass is 16.5. The number of benzene rings is 2. The number of rotatable bonds is 6. The number of anilines is 1. The molecule has 3 N–H and O–H groups in total. The van der Waals surface area contributed by atoms with Crippen LogP contribution in [0.4, 0.5) is 5.95 Å². The highest BCUT2D eigenvalue weighted by Gasteiger charge is 2.23. The Morgan fingerprint density at radius 2 is 1.94 bits per heavy atom. The van der Waals surface area contributed by atoms with Crippen LogP contribution >= 0.6 is 0 Å². The molecule has 0 saturated carbocycles. The first-order valence-electron chi connectivity index (χ1n) is 11.0. The molecule has 0 aliphatic carbocycles. The van der Waals surface area contributed by atoms with Gasteiger partial charge in [-0.05, 0) is 53.3 Å². The summed E-state index contributed by atoms with van der Waals surface area (Å²) in [5.74, 6) is 0.445. The second-order valence-corrected chi connectivity index (χ2v) is 8.89. The minimum Gasteiger partial charge on any atom is -0.465 e. The predicted molar refractivity (Wildman–Crippen MR) is 131 cm³/mol. The quantitative estimate of drug-likeness (QED) is 0.361. The van der Waals surface area contributed by atoms with Crippen LogP contribution in [-0.2, 0) is 16.6 Å². The summed E-state index contributed by atoms with van der Waals surface area (Å²) in [5.41, 5.74) is 11.1.